The number of ether oxygens (including phenoxy) is 2. The Kier molecular flexibility index (Phi) is 3.58. The molecule has 2 aliphatic rings. The van der Waals surface area contributed by atoms with Crippen LogP contribution in [-0.4, -0.2) is 19.0 Å². The summed E-state index contributed by atoms with van der Waals surface area (Å²) in [6, 6.07) is 5.74. The second-order valence-corrected chi connectivity index (χ2v) is 5.20. The maximum Gasteiger partial charge on any atom is 0.163 e. The molecular formula is C15H20N2O2. The van der Waals surface area contributed by atoms with E-state index < -0.39 is 0 Å². The first-order valence-electron chi connectivity index (χ1n) is 7.06. The molecule has 0 bridgehead atoms. The van der Waals surface area contributed by atoms with Gasteiger partial charge in [-0.15, -0.1) is 0 Å². The third-order valence-electron chi connectivity index (χ3n) is 3.81. The molecule has 1 aromatic carbocycles. The molecule has 1 fully saturated rings. The van der Waals surface area contributed by atoms with Crippen molar-refractivity contribution >= 4 is 11.5 Å². The van der Waals surface area contributed by atoms with Crippen LogP contribution >= 0.6 is 0 Å². The third-order valence-corrected chi connectivity index (χ3v) is 3.81. The standard InChI is InChI=1S/C15H20N2O2/c16-15(11-4-2-1-3-5-11)17-12-6-7-13-14(10-12)19-9-8-18-13/h6-7,10-11H,1-5,8-9H2,(H2,16,17). The molecule has 2 N–H and O–H groups in total. The van der Waals surface area contributed by atoms with Crippen LogP contribution in [0.4, 0.5) is 5.69 Å². The molecule has 0 amide bonds. The molecule has 4 heteroatoms. The number of aliphatic imine (C=N–C) groups is 1. The highest BCUT2D eigenvalue weighted by Crippen LogP contribution is 2.34. The second kappa shape index (κ2) is 5.51. The van der Waals surface area contributed by atoms with Crippen molar-refractivity contribution in [2.45, 2.75) is 32.1 Å². The maximum absolute atomic E-state index is 6.13. The lowest BCUT2D eigenvalue weighted by Gasteiger charge is -2.21. The number of nitrogens with two attached hydrogens (primary N) is 1. The summed E-state index contributed by atoms with van der Waals surface area (Å²) >= 11 is 0. The number of hydrogen-bond donors (Lipinski definition) is 1. The summed E-state index contributed by atoms with van der Waals surface area (Å²) in [5.41, 5.74) is 6.99. The van der Waals surface area contributed by atoms with E-state index in [4.69, 9.17) is 15.2 Å². The number of rotatable bonds is 2. The summed E-state index contributed by atoms with van der Waals surface area (Å²) in [6.45, 7) is 1.21. The van der Waals surface area contributed by atoms with E-state index in [-0.39, 0.29) is 0 Å². The number of amidine groups is 1. The van der Waals surface area contributed by atoms with Crippen LogP contribution in [0.15, 0.2) is 23.2 Å². The van der Waals surface area contributed by atoms with Gasteiger partial charge in [-0.25, -0.2) is 4.99 Å². The van der Waals surface area contributed by atoms with Crippen molar-refractivity contribution in [3.8, 4) is 11.5 Å². The van der Waals surface area contributed by atoms with Gasteiger partial charge in [-0.3, -0.25) is 0 Å². The van der Waals surface area contributed by atoms with Gasteiger partial charge in [0.15, 0.2) is 11.5 Å². The highest BCUT2D eigenvalue weighted by Gasteiger charge is 2.17. The Morgan fingerprint density at radius 3 is 2.58 bits per heavy atom. The fourth-order valence-electron chi connectivity index (χ4n) is 2.74. The molecule has 0 atom stereocenters. The molecule has 19 heavy (non-hydrogen) atoms. The molecule has 1 saturated carbocycles. The molecule has 0 unspecified atom stereocenters. The Balaban J connectivity index is 1.77. The summed E-state index contributed by atoms with van der Waals surface area (Å²) in [5, 5.41) is 0. The van der Waals surface area contributed by atoms with Crippen molar-refractivity contribution < 1.29 is 9.47 Å². The van der Waals surface area contributed by atoms with E-state index in [2.05, 4.69) is 4.99 Å². The minimum Gasteiger partial charge on any atom is -0.486 e. The van der Waals surface area contributed by atoms with Crippen LogP contribution in [0.2, 0.25) is 0 Å². The van der Waals surface area contributed by atoms with E-state index in [1.165, 1.54) is 32.1 Å². The van der Waals surface area contributed by atoms with Gasteiger partial charge >= 0.3 is 0 Å². The third kappa shape index (κ3) is 2.83. The number of fused-ring (bicyclic) bond motifs is 1. The zero-order valence-corrected chi connectivity index (χ0v) is 11.1. The average Bonchev–Trinajstić information content (AvgIpc) is 2.48. The fraction of sp³-hybridized carbons (Fsp3) is 0.533. The Hall–Kier alpha value is -1.71. The largest absolute Gasteiger partial charge is 0.486 e. The van der Waals surface area contributed by atoms with Crippen LogP contribution in [0, 0.1) is 5.92 Å². The van der Waals surface area contributed by atoms with E-state index in [0.717, 1.165) is 23.0 Å². The molecule has 4 nitrogen and oxygen atoms in total. The first-order valence-corrected chi connectivity index (χ1v) is 7.06. The van der Waals surface area contributed by atoms with Gasteiger partial charge in [-0.2, -0.15) is 0 Å². The summed E-state index contributed by atoms with van der Waals surface area (Å²) < 4.78 is 11.1. The van der Waals surface area contributed by atoms with Gasteiger partial charge < -0.3 is 15.2 Å². The molecule has 0 aromatic heterocycles. The molecule has 3 rings (SSSR count). The van der Waals surface area contributed by atoms with E-state index in [9.17, 15) is 0 Å². The van der Waals surface area contributed by atoms with Crippen LogP contribution in [0.3, 0.4) is 0 Å². The van der Waals surface area contributed by atoms with Crippen molar-refractivity contribution in [3.05, 3.63) is 18.2 Å². The molecule has 1 aliphatic carbocycles. The number of nitrogens with zero attached hydrogens (tertiary/aromatic N) is 1. The van der Waals surface area contributed by atoms with E-state index in [0.29, 0.717) is 19.1 Å². The molecule has 0 saturated heterocycles. The van der Waals surface area contributed by atoms with Gasteiger partial charge in [-0.1, -0.05) is 19.3 Å². The normalized spacial score (nSPS) is 20.3. The van der Waals surface area contributed by atoms with Crippen molar-refractivity contribution in [2.24, 2.45) is 16.6 Å². The summed E-state index contributed by atoms with van der Waals surface area (Å²) in [5.74, 6) is 2.77. The lowest BCUT2D eigenvalue weighted by molar-refractivity contribution is 0.171. The summed E-state index contributed by atoms with van der Waals surface area (Å²) in [6.07, 6.45) is 6.19. The zero-order chi connectivity index (χ0) is 13.1. The quantitative estimate of drug-likeness (QED) is 0.657. The van der Waals surface area contributed by atoms with Gasteiger partial charge in [-0.05, 0) is 25.0 Å². The van der Waals surface area contributed by atoms with E-state index in [1.54, 1.807) is 0 Å². The lowest BCUT2D eigenvalue weighted by Crippen LogP contribution is -2.25. The van der Waals surface area contributed by atoms with Crippen LogP contribution in [0.1, 0.15) is 32.1 Å². The first-order chi connectivity index (χ1) is 9.33. The van der Waals surface area contributed by atoms with Gasteiger partial charge in [0, 0.05) is 12.0 Å². The molecule has 0 spiro atoms. The Morgan fingerprint density at radius 1 is 1.05 bits per heavy atom. The smallest absolute Gasteiger partial charge is 0.163 e. The molecule has 0 radical (unpaired) electrons. The molecular weight excluding hydrogens is 240 g/mol. The molecule has 102 valence electrons. The monoisotopic (exact) mass is 260 g/mol. The predicted molar refractivity (Wildman–Crippen MR) is 75.3 cm³/mol. The molecule has 1 heterocycles. The van der Waals surface area contributed by atoms with Gasteiger partial charge in [0.2, 0.25) is 0 Å². The highest BCUT2D eigenvalue weighted by atomic mass is 16.6. The van der Waals surface area contributed by atoms with Gasteiger partial charge in [0.25, 0.3) is 0 Å². The highest BCUT2D eigenvalue weighted by molar-refractivity contribution is 5.85. The Morgan fingerprint density at radius 2 is 1.79 bits per heavy atom. The maximum atomic E-state index is 6.13. The Labute approximate surface area is 113 Å². The van der Waals surface area contributed by atoms with E-state index in [1.807, 2.05) is 18.2 Å². The number of hydrogen-bond acceptors (Lipinski definition) is 3. The first kappa shape index (κ1) is 12.3. The van der Waals surface area contributed by atoms with Crippen molar-refractivity contribution in [1.29, 1.82) is 0 Å². The predicted octanol–water partition coefficient (Wildman–Crippen LogP) is 3.03. The summed E-state index contributed by atoms with van der Waals surface area (Å²) in [4.78, 5) is 4.55. The molecule has 1 aromatic rings. The van der Waals surface area contributed by atoms with Gasteiger partial charge in [0.1, 0.15) is 19.0 Å². The van der Waals surface area contributed by atoms with Crippen molar-refractivity contribution in [2.75, 3.05) is 13.2 Å². The second-order valence-electron chi connectivity index (χ2n) is 5.20. The fourth-order valence-corrected chi connectivity index (χ4v) is 2.74. The number of benzene rings is 1. The van der Waals surface area contributed by atoms with Crippen molar-refractivity contribution in [1.82, 2.24) is 0 Å². The van der Waals surface area contributed by atoms with Crippen LogP contribution in [0.25, 0.3) is 0 Å². The minimum absolute atomic E-state index is 0.446. The van der Waals surface area contributed by atoms with Crippen molar-refractivity contribution in [3.63, 3.8) is 0 Å². The lowest BCUT2D eigenvalue weighted by atomic mass is 9.88. The Bertz CT molecular complexity index is 479. The van der Waals surface area contributed by atoms with Crippen LogP contribution in [0.5, 0.6) is 11.5 Å². The SMILES string of the molecule is NC(=Nc1ccc2c(c1)OCCO2)C1CCCCC1. The van der Waals surface area contributed by atoms with Crippen LogP contribution < -0.4 is 15.2 Å². The topological polar surface area (TPSA) is 56.8 Å². The summed E-state index contributed by atoms with van der Waals surface area (Å²) in [7, 11) is 0. The van der Waals surface area contributed by atoms with E-state index >= 15 is 0 Å². The van der Waals surface area contributed by atoms with Gasteiger partial charge in [0.05, 0.1) is 5.69 Å². The average molecular weight is 260 g/mol. The zero-order valence-electron chi connectivity index (χ0n) is 11.1. The minimum atomic E-state index is 0.446. The van der Waals surface area contributed by atoms with Crippen LogP contribution in [-0.2, 0) is 0 Å². The molecule has 1 aliphatic heterocycles.